The van der Waals surface area contributed by atoms with E-state index < -0.39 is 0 Å². The zero-order valence-corrected chi connectivity index (χ0v) is 28.4. The molecule has 45 heavy (non-hydrogen) atoms. The van der Waals surface area contributed by atoms with Crippen molar-refractivity contribution >= 4 is 74.5 Å². The third-order valence-corrected chi connectivity index (χ3v) is 8.78. The molecule has 0 spiro atoms. The Kier molecular flexibility index (Phi) is 11.0. The van der Waals surface area contributed by atoms with Gasteiger partial charge in [0.15, 0.2) is 23.3 Å². The minimum Gasteiger partial charge on any atom is -0.490 e. The van der Waals surface area contributed by atoms with Crippen molar-refractivity contribution in [1.82, 2.24) is 0 Å². The van der Waals surface area contributed by atoms with Gasteiger partial charge in [-0.2, -0.15) is 0 Å². The van der Waals surface area contributed by atoms with Gasteiger partial charge in [0.2, 0.25) is 0 Å². The van der Waals surface area contributed by atoms with Crippen molar-refractivity contribution in [3.63, 3.8) is 0 Å². The highest BCUT2D eigenvalue weighted by molar-refractivity contribution is 14.1. The van der Waals surface area contributed by atoms with E-state index in [4.69, 9.17) is 14.5 Å². The van der Waals surface area contributed by atoms with Gasteiger partial charge in [-0.15, -0.1) is 0 Å². The van der Waals surface area contributed by atoms with Gasteiger partial charge in [-0.25, -0.2) is 4.99 Å². The van der Waals surface area contributed by atoms with Gasteiger partial charge in [0, 0.05) is 5.69 Å². The molecule has 1 aliphatic heterocycles. The number of aryl methyl sites for hydroxylation is 2. The molecule has 1 N–H and O–H groups in total. The summed E-state index contributed by atoms with van der Waals surface area (Å²) in [5.41, 5.74) is 5.44. The highest BCUT2D eigenvalue weighted by atomic mass is 127. The number of carbonyl (C=O) groups is 2. The molecule has 230 valence electrons. The lowest BCUT2D eigenvalue weighted by Crippen LogP contribution is -2.28. The van der Waals surface area contributed by atoms with Gasteiger partial charge < -0.3 is 14.8 Å². The minimum absolute atomic E-state index is 0.154. The second kappa shape index (κ2) is 15.3. The number of carbonyl (C=O) groups excluding carboxylic acids is 2. The number of amidine groups is 1. The smallest absolute Gasteiger partial charge is 0.271 e. The molecule has 1 heterocycles. The Morgan fingerprint density at radius 3 is 2.22 bits per heavy atom. The van der Waals surface area contributed by atoms with E-state index in [0.717, 1.165) is 33.4 Å². The lowest BCUT2D eigenvalue weighted by atomic mass is 10.1. The van der Waals surface area contributed by atoms with E-state index in [1.165, 1.54) is 22.9 Å². The lowest BCUT2D eigenvalue weighted by molar-refractivity contribution is -0.118. The fraction of sp³-hybridized carbons (Fsp3) is 0.194. The van der Waals surface area contributed by atoms with E-state index in [1.807, 2.05) is 91.9 Å². The summed E-state index contributed by atoms with van der Waals surface area (Å²) < 4.78 is 12.6. The Bertz CT molecular complexity index is 1720. The van der Waals surface area contributed by atoms with Crippen molar-refractivity contribution in [3.8, 4) is 11.5 Å². The van der Waals surface area contributed by atoms with Crippen LogP contribution in [0, 0.1) is 3.57 Å². The normalized spacial score (nSPS) is 14.7. The van der Waals surface area contributed by atoms with Crippen molar-refractivity contribution in [2.45, 2.75) is 33.6 Å². The summed E-state index contributed by atoms with van der Waals surface area (Å²) in [6.45, 7) is 6.34. The number of nitrogens with one attached hydrogen (secondary N) is 1. The minimum atomic E-state index is -0.276. The van der Waals surface area contributed by atoms with Crippen LogP contribution in [-0.2, 0) is 22.4 Å². The van der Waals surface area contributed by atoms with Crippen LogP contribution in [0.2, 0.25) is 0 Å². The van der Waals surface area contributed by atoms with E-state index in [1.54, 1.807) is 4.90 Å². The first kappa shape index (κ1) is 32.3. The third kappa shape index (κ3) is 8.15. The van der Waals surface area contributed by atoms with Gasteiger partial charge in [-0.1, -0.05) is 56.3 Å². The quantitative estimate of drug-likeness (QED) is 0.124. The molecule has 5 rings (SSSR count). The van der Waals surface area contributed by atoms with Crippen LogP contribution in [0.5, 0.6) is 11.5 Å². The Hall–Kier alpha value is -4.09. The molecule has 7 nitrogen and oxygen atoms in total. The van der Waals surface area contributed by atoms with Gasteiger partial charge in [0.1, 0.15) is 0 Å². The molecule has 2 amide bonds. The molecule has 1 aliphatic rings. The first-order chi connectivity index (χ1) is 21.9. The van der Waals surface area contributed by atoms with Gasteiger partial charge in [0.05, 0.1) is 26.5 Å². The van der Waals surface area contributed by atoms with E-state index in [2.05, 4.69) is 53.9 Å². The topological polar surface area (TPSA) is 80.2 Å². The highest BCUT2D eigenvalue weighted by Crippen LogP contribution is 2.40. The van der Waals surface area contributed by atoms with Crippen LogP contribution in [-0.4, -0.2) is 30.2 Å². The number of para-hydroxylation sites is 1. The first-order valence-corrected chi connectivity index (χ1v) is 16.7. The fourth-order valence-electron chi connectivity index (χ4n) is 4.66. The Labute approximate surface area is 281 Å². The van der Waals surface area contributed by atoms with Crippen LogP contribution in [0.4, 0.5) is 17.1 Å². The number of nitrogens with zero attached hydrogens (tertiary/aromatic N) is 2. The monoisotopic (exact) mass is 731 g/mol. The molecule has 0 bridgehead atoms. The highest BCUT2D eigenvalue weighted by Gasteiger charge is 2.35. The van der Waals surface area contributed by atoms with Gasteiger partial charge in [-0.3, -0.25) is 14.5 Å². The summed E-state index contributed by atoms with van der Waals surface area (Å²) in [5, 5.41) is 3.41. The molecule has 0 atom stereocenters. The number of halogens is 1. The molecule has 1 fully saturated rings. The average molecular weight is 732 g/mol. The van der Waals surface area contributed by atoms with Crippen LogP contribution < -0.4 is 19.7 Å². The number of hydrogen-bond acceptors (Lipinski definition) is 6. The van der Waals surface area contributed by atoms with Crippen molar-refractivity contribution in [2.75, 3.05) is 23.4 Å². The first-order valence-electron chi connectivity index (χ1n) is 14.8. The number of benzene rings is 4. The molecule has 0 aromatic heterocycles. The Morgan fingerprint density at radius 2 is 1.58 bits per heavy atom. The molecule has 0 aliphatic carbocycles. The molecule has 0 radical (unpaired) electrons. The number of aliphatic imine (C=N–C) groups is 1. The van der Waals surface area contributed by atoms with Crippen molar-refractivity contribution in [3.05, 3.63) is 116 Å². The van der Waals surface area contributed by atoms with Crippen molar-refractivity contribution in [1.29, 1.82) is 0 Å². The van der Waals surface area contributed by atoms with Crippen LogP contribution >= 0.6 is 34.4 Å². The molecule has 0 saturated carbocycles. The summed E-state index contributed by atoms with van der Waals surface area (Å²) >= 11 is 3.50. The molecule has 9 heteroatoms. The number of thioether (sulfide) groups is 1. The van der Waals surface area contributed by atoms with Gasteiger partial charge in [0.25, 0.3) is 11.8 Å². The summed E-state index contributed by atoms with van der Waals surface area (Å²) in [6, 6.07) is 29.1. The molecular weight excluding hydrogens is 697 g/mol. The largest absolute Gasteiger partial charge is 0.490 e. The molecular formula is C36H34IN3O4S. The average Bonchev–Trinajstić information content (AvgIpc) is 3.35. The molecule has 0 unspecified atom stereocenters. The summed E-state index contributed by atoms with van der Waals surface area (Å²) in [5.74, 6) is 0.542. The lowest BCUT2D eigenvalue weighted by Gasteiger charge is -2.16. The standard InChI is InChI=1S/C36H34IN3O4S/c1-4-24-12-16-28(17-13-24)39-36-40(29-18-14-25(5-2)15-19-29)35(42)32(45-36)22-26-20-30(37)34(31(21-26)43-6-3)44-23-33(41)38-27-10-8-7-9-11-27/h7-22H,4-6,23H2,1-3H3,(H,38,41)/b32-22-,39-36?. The summed E-state index contributed by atoms with van der Waals surface area (Å²) in [7, 11) is 0. The third-order valence-electron chi connectivity index (χ3n) is 7.01. The summed E-state index contributed by atoms with van der Waals surface area (Å²) in [6.07, 6.45) is 3.71. The van der Waals surface area contributed by atoms with Crippen LogP contribution in [0.25, 0.3) is 6.08 Å². The summed E-state index contributed by atoms with van der Waals surface area (Å²) in [4.78, 5) is 33.5. The van der Waals surface area contributed by atoms with E-state index >= 15 is 0 Å². The number of hydrogen-bond donors (Lipinski definition) is 1. The van der Waals surface area contributed by atoms with E-state index in [-0.39, 0.29) is 18.4 Å². The van der Waals surface area contributed by atoms with Crippen molar-refractivity contribution in [2.24, 2.45) is 4.99 Å². The SMILES string of the molecule is CCOc1cc(/C=C2\SC(=Nc3ccc(CC)cc3)N(c3ccc(CC)cc3)C2=O)cc(I)c1OCC(=O)Nc1ccccc1. The van der Waals surface area contributed by atoms with Crippen LogP contribution in [0.15, 0.2) is 101 Å². The molecule has 4 aromatic rings. The number of amides is 2. The molecule has 4 aromatic carbocycles. The van der Waals surface area contributed by atoms with Gasteiger partial charge >= 0.3 is 0 Å². The molecule has 1 saturated heterocycles. The maximum Gasteiger partial charge on any atom is 0.271 e. The zero-order chi connectivity index (χ0) is 31.8. The second-order valence-electron chi connectivity index (χ2n) is 10.2. The maximum atomic E-state index is 13.9. The number of ether oxygens (including phenoxy) is 2. The number of anilines is 2. The maximum absolute atomic E-state index is 13.9. The Balaban J connectivity index is 1.43. The predicted octanol–water partition coefficient (Wildman–Crippen LogP) is 8.64. The number of rotatable bonds is 11. The van der Waals surface area contributed by atoms with Crippen LogP contribution in [0.1, 0.15) is 37.5 Å². The van der Waals surface area contributed by atoms with E-state index in [0.29, 0.717) is 33.9 Å². The Morgan fingerprint density at radius 1 is 0.911 bits per heavy atom. The van der Waals surface area contributed by atoms with Gasteiger partial charge in [-0.05, 0) is 125 Å². The van der Waals surface area contributed by atoms with Crippen LogP contribution in [0.3, 0.4) is 0 Å². The van der Waals surface area contributed by atoms with Crippen molar-refractivity contribution < 1.29 is 19.1 Å². The predicted molar refractivity (Wildman–Crippen MR) is 193 cm³/mol. The second-order valence-corrected chi connectivity index (χ2v) is 12.3. The van der Waals surface area contributed by atoms with E-state index in [9.17, 15) is 9.59 Å². The zero-order valence-electron chi connectivity index (χ0n) is 25.4. The fourth-order valence-corrected chi connectivity index (χ4v) is 6.44.